The maximum absolute atomic E-state index is 11.1. The molecule has 72 valence electrons. The van der Waals surface area contributed by atoms with Gasteiger partial charge in [-0.2, -0.15) is 5.26 Å². The summed E-state index contributed by atoms with van der Waals surface area (Å²) < 4.78 is 0. The van der Waals surface area contributed by atoms with E-state index in [-0.39, 0.29) is 12.3 Å². The maximum Gasteiger partial charge on any atom is 0.228 e. The van der Waals surface area contributed by atoms with Crippen molar-refractivity contribution in [3.8, 4) is 17.9 Å². The van der Waals surface area contributed by atoms with Crippen molar-refractivity contribution in [2.75, 3.05) is 5.32 Å². The molecule has 0 aliphatic carbocycles. The molecule has 0 unspecified atom stereocenters. The number of nitriles is 1. The van der Waals surface area contributed by atoms with Crippen LogP contribution in [0.3, 0.4) is 0 Å². The molecule has 1 aromatic carbocycles. The molecular formula is C12H8N2O. The number of rotatable bonds is 0. The van der Waals surface area contributed by atoms with Crippen LogP contribution in [0.4, 0.5) is 5.69 Å². The van der Waals surface area contributed by atoms with Gasteiger partial charge in [-0.3, -0.25) is 4.79 Å². The van der Waals surface area contributed by atoms with Crippen molar-refractivity contribution in [2.45, 2.75) is 12.8 Å². The smallest absolute Gasteiger partial charge is 0.228 e. The third-order valence-electron chi connectivity index (χ3n) is 2.14. The van der Waals surface area contributed by atoms with Gasteiger partial charge in [0.1, 0.15) is 0 Å². The highest BCUT2D eigenvalue weighted by molar-refractivity contribution is 5.99. The van der Waals surface area contributed by atoms with Crippen molar-refractivity contribution < 1.29 is 4.79 Å². The minimum Gasteiger partial charge on any atom is -0.325 e. The SMILES string of the molecule is N#CCC#Cc1ccc2c(c1)NC(=O)C2. The quantitative estimate of drug-likeness (QED) is 0.638. The summed E-state index contributed by atoms with van der Waals surface area (Å²) in [4.78, 5) is 11.1. The number of anilines is 1. The van der Waals surface area contributed by atoms with Gasteiger partial charge in [-0.25, -0.2) is 0 Å². The molecule has 15 heavy (non-hydrogen) atoms. The van der Waals surface area contributed by atoms with Crippen molar-refractivity contribution in [1.82, 2.24) is 0 Å². The molecule has 0 spiro atoms. The summed E-state index contributed by atoms with van der Waals surface area (Å²) in [6.45, 7) is 0. The molecule has 2 rings (SSSR count). The first-order valence-electron chi connectivity index (χ1n) is 4.58. The normalized spacial score (nSPS) is 12.1. The van der Waals surface area contributed by atoms with Crippen molar-refractivity contribution in [2.24, 2.45) is 0 Å². The number of nitrogens with one attached hydrogen (secondary N) is 1. The Morgan fingerprint density at radius 2 is 2.33 bits per heavy atom. The Morgan fingerprint density at radius 1 is 1.47 bits per heavy atom. The van der Waals surface area contributed by atoms with Crippen LogP contribution in [0.2, 0.25) is 0 Å². The van der Waals surface area contributed by atoms with Crippen molar-refractivity contribution in [1.29, 1.82) is 5.26 Å². The van der Waals surface area contributed by atoms with Crippen molar-refractivity contribution in [3.05, 3.63) is 29.3 Å². The summed E-state index contributed by atoms with van der Waals surface area (Å²) in [5, 5.41) is 11.1. The zero-order valence-corrected chi connectivity index (χ0v) is 8.00. The molecule has 1 aliphatic heterocycles. The first-order chi connectivity index (χ1) is 7.29. The zero-order valence-electron chi connectivity index (χ0n) is 8.00. The van der Waals surface area contributed by atoms with E-state index in [2.05, 4.69) is 17.2 Å². The highest BCUT2D eigenvalue weighted by atomic mass is 16.1. The van der Waals surface area contributed by atoms with Crippen molar-refractivity contribution >= 4 is 11.6 Å². The van der Waals surface area contributed by atoms with Crippen molar-refractivity contribution in [3.63, 3.8) is 0 Å². The maximum atomic E-state index is 11.1. The van der Waals surface area contributed by atoms with Crippen LogP contribution in [0.5, 0.6) is 0 Å². The molecule has 0 radical (unpaired) electrons. The van der Waals surface area contributed by atoms with E-state index in [0.717, 1.165) is 16.8 Å². The molecule has 0 saturated heterocycles. The van der Waals surface area contributed by atoms with Crippen LogP contribution in [0.25, 0.3) is 0 Å². The lowest BCUT2D eigenvalue weighted by Crippen LogP contribution is -2.03. The van der Waals surface area contributed by atoms with Gasteiger partial charge in [0.2, 0.25) is 5.91 Å². The van der Waals surface area contributed by atoms with Crippen LogP contribution in [0.1, 0.15) is 17.5 Å². The zero-order chi connectivity index (χ0) is 10.7. The predicted molar refractivity (Wildman–Crippen MR) is 55.9 cm³/mol. The highest BCUT2D eigenvalue weighted by Gasteiger charge is 2.16. The second-order valence-corrected chi connectivity index (χ2v) is 3.23. The summed E-state index contributed by atoms with van der Waals surface area (Å²) in [5.74, 6) is 5.62. The van der Waals surface area contributed by atoms with Gasteiger partial charge in [-0.15, -0.1) is 0 Å². The van der Waals surface area contributed by atoms with Gasteiger partial charge in [0.15, 0.2) is 0 Å². The van der Waals surface area contributed by atoms with Gasteiger partial charge in [-0.1, -0.05) is 17.9 Å². The van der Waals surface area contributed by atoms with E-state index in [1.54, 1.807) is 0 Å². The fraction of sp³-hybridized carbons (Fsp3) is 0.167. The number of fused-ring (bicyclic) bond motifs is 1. The Labute approximate surface area is 87.7 Å². The second kappa shape index (κ2) is 3.86. The minimum atomic E-state index is 0.0205. The second-order valence-electron chi connectivity index (χ2n) is 3.23. The average Bonchev–Trinajstić information content (AvgIpc) is 2.57. The molecule has 0 aromatic heterocycles. The Kier molecular flexibility index (Phi) is 2.39. The molecule has 3 nitrogen and oxygen atoms in total. The van der Waals surface area contributed by atoms with Crippen LogP contribution in [-0.2, 0) is 11.2 Å². The summed E-state index contributed by atoms with van der Waals surface area (Å²) in [6, 6.07) is 7.55. The lowest BCUT2D eigenvalue weighted by Gasteiger charge is -1.97. The Hall–Kier alpha value is -2.26. The number of carbonyl (C=O) groups is 1. The van der Waals surface area contributed by atoms with Crippen LogP contribution < -0.4 is 5.32 Å². The summed E-state index contributed by atoms with van der Waals surface area (Å²) in [6.07, 6.45) is 0.671. The molecule has 0 atom stereocenters. The molecular weight excluding hydrogens is 188 g/mol. The molecule has 1 aliphatic rings. The molecule has 1 N–H and O–H groups in total. The van der Waals surface area contributed by atoms with E-state index in [9.17, 15) is 4.79 Å². The van der Waals surface area contributed by atoms with Gasteiger partial charge in [0, 0.05) is 11.3 Å². The van der Waals surface area contributed by atoms with Gasteiger partial charge < -0.3 is 5.32 Å². The van der Waals surface area contributed by atoms with E-state index < -0.39 is 0 Å². The van der Waals surface area contributed by atoms with E-state index in [1.165, 1.54) is 0 Å². The molecule has 0 bridgehead atoms. The lowest BCUT2D eigenvalue weighted by molar-refractivity contribution is -0.115. The molecule has 1 heterocycles. The third kappa shape index (κ3) is 1.98. The fourth-order valence-electron chi connectivity index (χ4n) is 1.48. The Bertz CT molecular complexity index is 515. The van der Waals surface area contributed by atoms with Crippen LogP contribution in [0.15, 0.2) is 18.2 Å². The van der Waals surface area contributed by atoms with Crippen LogP contribution >= 0.6 is 0 Å². The molecule has 0 saturated carbocycles. The number of benzene rings is 1. The first-order valence-corrected chi connectivity index (χ1v) is 4.58. The Morgan fingerprint density at radius 3 is 3.13 bits per heavy atom. The van der Waals surface area contributed by atoms with Gasteiger partial charge in [0.05, 0.1) is 18.9 Å². The van der Waals surface area contributed by atoms with E-state index in [0.29, 0.717) is 6.42 Å². The summed E-state index contributed by atoms with van der Waals surface area (Å²) in [5.41, 5.74) is 2.67. The lowest BCUT2D eigenvalue weighted by atomic mass is 10.1. The van der Waals surface area contributed by atoms with Gasteiger partial charge in [-0.05, 0) is 17.7 Å². The molecule has 0 fully saturated rings. The number of amides is 1. The highest BCUT2D eigenvalue weighted by Crippen LogP contribution is 2.23. The van der Waals surface area contributed by atoms with E-state index in [4.69, 9.17) is 5.26 Å². The largest absolute Gasteiger partial charge is 0.325 e. The number of hydrogen-bond donors (Lipinski definition) is 1. The van der Waals surface area contributed by atoms with Gasteiger partial charge >= 0.3 is 0 Å². The Balaban J connectivity index is 2.25. The fourth-order valence-corrected chi connectivity index (χ4v) is 1.48. The topological polar surface area (TPSA) is 52.9 Å². The monoisotopic (exact) mass is 196 g/mol. The average molecular weight is 196 g/mol. The summed E-state index contributed by atoms with van der Waals surface area (Å²) in [7, 11) is 0. The minimum absolute atomic E-state index is 0.0205. The number of hydrogen-bond acceptors (Lipinski definition) is 2. The standard InChI is InChI=1S/C12H8N2O/c13-6-2-1-3-9-4-5-10-8-12(15)14-11(10)7-9/h4-5,7H,2,8H2,(H,14,15). The first kappa shape index (κ1) is 9.30. The predicted octanol–water partition coefficient (Wildman–Crippen LogP) is 1.45. The third-order valence-corrected chi connectivity index (χ3v) is 2.14. The van der Waals surface area contributed by atoms with E-state index in [1.807, 2.05) is 24.3 Å². The molecule has 1 aromatic rings. The number of nitrogens with zero attached hydrogens (tertiary/aromatic N) is 1. The van der Waals surface area contributed by atoms with Crippen LogP contribution in [0, 0.1) is 23.2 Å². The summed E-state index contributed by atoms with van der Waals surface area (Å²) >= 11 is 0. The van der Waals surface area contributed by atoms with E-state index >= 15 is 0 Å². The van der Waals surface area contributed by atoms with Gasteiger partial charge in [0.25, 0.3) is 0 Å². The molecule has 3 heteroatoms. The van der Waals surface area contributed by atoms with Crippen LogP contribution in [-0.4, -0.2) is 5.91 Å². The molecule has 1 amide bonds. The number of carbonyl (C=O) groups excluding carboxylic acids is 1.